The first-order chi connectivity index (χ1) is 14.7. The second kappa shape index (κ2) is 8.08. The average Bonchev–Trinajstić information content (AvgIpc) is 3.50. The number of nitrogens with one attached hydrogen (secondary N) is 1. The number of thiocarbonyl (C=S) groups is 1. The fourth-order valence-corrected chi connectivity index (χ4v) is 4.66. The van der Waals surface area contributed by atoms with Gasteiger partial charge >= 0.3 is 0 Å². The number of halogens is 1. The minimum absolute atomic E-state index is 0.0496. The van der Waals surface area contributed by atoms with Crippen LogP contribution in [0.4, 0.5) is 0 Å². The van der Waals surface area contributed by atoms with Crippen LogP contribution in [0.3, 0.4) is 0 Å². The van der Waals surface area contributed by atoms with E-state index in [4.69, 9.17) is 16.6 Å². The van der Waals surface area contributed by atoms with Gasteiger partial charge in [-0.05, 0) is 66.8 Å². The van der Waals surface area contributed by atoms with E-state index in [1.165, 1.54) is 0 Å². The van der Waals surface area contributed by atoms with Gasteiger partial charge in [0, 0.05) is 28.2 Å². The molecule has 0 radical (unpaired) electrons. The van der Waals surface area contributed by atoms with Crippen molar-refractivity contribution in [3.63, 3.8) is 0 Å². The zero-order valence-electron chi connectivity index (χ0n) is 16.0. The number of hydrogen-bond donors (Lipinski definition) is 1. The third-order valence-electron chi connectivity index (χ3n) is 5.27. The molecule has 0 spiro atoms. The molecule has 1 aliphatic heterocycles. The predicted molar refractivity (Wildman–Crippen MR) is 123 cm³/mol. The van der Waals surface area contributed by atoms with Gasteiger partial charge in [-0.15, -0.1) is 0 Å². The van der Waals surface area contributed by atoms with Crippen molar-refractivity contribution >= 4 is 33.3 Å². The third-order valence-corrected chi connectivity index (χ3v) is 6.12. The van der Waals surface area contributed by atoms with Gasteiger partial charge < -0.3 is 19.2 Å². The Morgan fingerprint density at radius 2 is 2.00 bits per heavy atom. The summed E-state index contributed by atoms with van der Waals surface area (Å²) < 4.78 is 8.86. The van der Waals surface area contributed by atoms with Crippen molar-refractivity contribution in [3.8, 4) is 5.69 Å². The normalized spacial score (nSPS) is 18.6. The van der Waals surface area contributed by atoms with Crippen LogP contribution < -0.4 is 5.32 Å². The minimum Gasteiger partial charge on any atom is -0.467 e. The van der Waals surface area contributed by atoms with Gasteiger partial charge in [0.2, 0.25) is 0 Å². The summed E-state index contributed by atoms with van der Waals surface area (Å²) in [5, 5.41) is 4.18. The van der Waals surface area contributed by atoms with Crippen LogP contribution >= 0.6 is 28.1 Å². The molecule has 1 saturated heterocycles. The van der Waals surface area contributed by atoms with Gasteiger partial charge in [-0.3, -0.25) is 4.98 Å². The van der Waals surface area contributed by atoms with Gasteiger partial charge in [0.1, 0.15) is 5.76 Å². The number of benzene rings is 1. The fourth-order valence-electron chi connectivity index (χ4n) is 3.96. The van der Waals surface area contributed by atoms with E-state index in [1.807, 2.05) is 48.7 Å². The number of furan rings is 1. The Morgan fingerprint density at radius 3 is 2.77 bits per heavy atom. The van der Waals surface area contributed by atoms with E-state index in [-0.39, 0.29) is 12.1 Å². The van der Waals surface area contributed by atoms with Crippen LogP contribution in [-0.2, 0) is 6.54 Å². The maximum atomic E-state index is 5.75. The predicted octanol–water partition coefficient (Wildman–Crippen LogP) is 5.40. The van der Waals surface area contributed by atoms with Crippen molar-refractivity contribution in [2.45, 2.75) is 18.6 Å². The van der Waals surface area contributed by atoms with Crippen molar-refractivity contribution < 1.29 is 4.42 Å². The highest BCUT2D eigenvalue weighted by Gasteiger charge is 2.41. The Hall–Kier alpha value is -2.90. The molecule has 0 bridgehead atoms. The zero-order chi connectivity index (χ0) is 20.5. The molecular weight excluding hydrogens is 460 g/mol. The van der Waals surface area contributed by atoms with Crippen LogP contribution in [0.2, 0.25) is 0 Å². The molecule has 7 heteroatoms. The van der Waals surface area contributed by atoms with E-state index in [0.29, 0.717) is 11.7 Å². The Labute approximate surface area is 188 Å². The molecule has 0 saturated carbocycles. The maximum Gasteiger partial charge on any atom is 0.170 e. The molecule has 150 valence electrons. The van der Waals surface area contributed by atoms with Crippen LogP contribution in [-0.4, -0.2) is 19.6 Å². The Balaban J connectivity index is 1.61. The fraction of sp³-hybridized carbons (Fsp3) is 0.130. The molecule has 0 amide bonds. The van der Waals surface area contributed by atoms with Gasteiger partial charge in [0.15, 0.2) is 5.11 Å². The summed E-state index contributed by atoms with van der Waals surface area (Å²) in [6, 6.07) is 22.2. The second-order valence-corrected chi connectivity index (χ2v) is 8.42. The topological polar surface area (TPSA) is 46.2 Å². The van der Waals surface area contributed by atoms with Crippen molar-refractivity contribution in [2.75, 3.05) is 0 Å². The van der Waals surface area contributed by atoms with E-state index < -0.39 is 0 Å². The smallest absolute Gasteiger partial charge is 0.170 e. The number of rotatable bonds is 5. The quantitative estimate of drug-likeness (QED) is 0.389. The third kappa shape index (κ3) is 3.55. The molecule has 3 aromatic heterocycles. The molecule has 4 aromatic rings. The minimum atomic E-state index is -0.0746. The van der Waals surface area contributed by atoms with E-state index in [0.717, 1.165) is 27.3 Å². The Bertz CT molecular complexity index is 1160. The SMILES string of the molecule is S=C1N[C@@H](c2ccccn2)[C@H](c2cccn2-c2cccc(Br)c2)N1Cc1ccco1. The summed E-state index contributed by atoms with van der Waals surface area (Å²) in [5.74, 6) is 0.867. The molecule has 1 aliphatic rings. The van der Waals surface area contributed by atoms with Crippen LogP contribution in [0, 0.1) is 0 Å². The van der Waals surface area contributed by atoms with Gasteiger partial charge in [0.25, 0.3) is 0 Å². The van der Waals surface area contributed by atoms with Gasteiger partial charge in [-0.2, -0.15) is 0 Å². The van der Waals surface area contributed by atoms with E-state index >= 15 is 0 Å². The van der Waals surface area contributed by atoms with E-state index in [9.17, 15) is 0 Å². The first-order valence-electron chi connectivity index (χ1n) is 9.64. The lowest BCUT2D eigenvalue weighted by Gasteiger charge is -2.28. The van der Waals surface area contributed by atoms with Crippen molar-refractivity contribution in [1.82, 2.24) is 19.8 Å². The molecule has 4 heterocycles. The number of nitrogens with zero attached hydrogens (tertiary/aromatic N) is 3. The summed E-state index contributed by atoms with van der Waals surface area (Å²) >= 11 is 9.34. The van der Waals surface area contributed by atoms with Crippen LogP contribution in [0.25, 0.3) is 5.69 Å². The highest BCUT2D eigenvalue weighted by molar-refractivity contribution is 9.10. The molecular formula is C23H19BrN4OS. The van der Waals surface area contributed by atoms with E-state index in [1.54, 1.807) is 6.26 Å². The summed E-state index contributed by atoms with van der Waals surface area (Å²) in [6.07, 6.45) is 5.59. The lowest BCUT2D eigenvalue weighted by Crippen LogP contribution is -2.29. The number of hydrogen-bond acceptors (Lipinski definition) is 3. The standard InChI is InChI=1S/C23H19BrN4OS/c24-16-6-3-7-17(14-16)27-12-4-10-20(27)22-21(19-9-1-2-11-25-19)26-23(30)28(22)15-18-8-5-13-29-18/h1-14,21-22H,15H2,(H,26,30)/t21-,22-/m0/s1. The highest BCUT2D eigenvalue weighted by atomic mass is 79.9. The van der Waals surface area contributed by atoms with Crippen molar-refractivity contribution in [1.29, 1.82) is 0 Å². The molecule has 1 fully saturated rings. The maximum absolute atomic E-state index is 5.75. The monoisotopic (exact) mass is 478 g/mol. The Kier molecular flexibility index (Phi) is 5.14. The van der Waals surface area contributed by atoms with Gasteiger partial charge in [0.05, 0.1) is 30.6 Å². The zero-order valence-corrected chi connectivity index (χ0v) is 18.4. The Morgan fingerprint density at radius 1 is 1.07 bits per heavy atom. The lowest BCUT2D eigenvalue weighted by molar-refractivity contribution is 0.280. The summed E-state index contributed by atoms with van der Waals surface area (Å²) in [4.78, 5) is 6.79. The highest BCUT2D eigenvalue weighted by Crippen LogP contribution is 2.40. The van der Waals surface area contributed by atoms with Gasteiger partial charge in [-0.1, -0.05) is 28.1 Å². The van der Waals surface area contributed by atoms with Crippen LogP contribution in [0.5, 0.6) is 0 Å². The first kappa shape index (κ1) is 19.1. The number of aromatic nitrogens is 2. The molecule has 30 heavy (non-hydrogen) atoms. The van der Waals surface area contributed by atoms with Crippen LogP contribution in [0.15, 0.2) is 94.3 Å². The summed E-state index contributed by atoms with van der Waals surface area (Å²) in [7, 11) is 0. The molecule has 1 N–H and O–H groups in total. The largest absolute Gasteiger partial charge is 0.467 e. The van der Waals surface area contributed by atoms with E-state index in [2.05, 4.69) is 66.2 Å². The molecule has 5 rings (SSSR count). The van der Waals surface area contributed by atoms with Crippen LogP contribution in [0.1, 0.15) is 29.2 Å². The molecule has 5 nitrogen and oxygen atoms in total. The molecule has 2 atom stereocenters. The molecule has 1 aromatic carbocycles. The average molecular weight is 479 g/mol. The molecule has 0 aliphatic carbocycles. The molecule has 0 unspecified atom stereocenters. The lowest BCUT2D eigenvalue weighted by atomic mass is 10.0. The van der Waals surface area contributed by atoms with Crippen molar-refractivity contribution in [2.24, 2.45) is 0 Å². The number of pyridine rings is 1. The van der Waals surface area contributed by atoms with Crippen molar-refractivity contribution in [3.05, 3.63) is 107 Å². The first-order valence-corrected chi connectivity index (χ1v) is 10.8. The summed E-state index contributed by atoms with van der Waals surface area (Å²) in [5.41, 5.74) is 3.16. The van der Waals surface area contributed by atoms with Gasteiger partial charge in [-0.25, -0.2) is 0 Å². The second-order valence-electron chi connectivity index (χ2n) is 7.12. The summed E-state index contributed by atoms with van der Waals surface area (Å²) in [6.45, 7) is 0.580.